The van der Waals surface area contributed by atoms with E-state index < -0.39 is 83.4 Å². The summed E-state index contributed by atoms with van der Waals surface area (Å²) in [4.78, 5) is 64.8. The minimum absolute atomic E-state index is 0.136. The van der Waals surface area contributed by atoms with Gasteiger partial charge >= 0.3 is 12.1 Å². The second-order valence-corrected chi connectivity index (χ2v) is 17.0. The number of unbranched alkanes of at least 4 members (excludes halogenated alkanes) is 1. The van der Waals surface area contributed by atoms with E-state index in [1.807, 2.05) is 70.4 Å². The van der Waals surface area contributed by atoms with E-state index in [4.69, 9.17) is 23.7 Å². The highest BCUT2D eigenvalue weighted by Crippen LogP contribution is 2.43. The number of methoxy groups -OCH3 is 1. The summed E-state index contributed by atoms with van der Waals surface area (Å²) in [5.74, 6) is -4.90. The number of aryl methyl sites for hydroxylation is 1. The topological polar surface area (TPSA) is 159 Å². The van der Waals surface area contributed by atoms with Crippen molar-refractivity contribution < 1.29 is 48.0 Å². The molecule has 0 spiro atoms. The molecule has 3 aliphatic rings. The van der Waals surface area contributed by atoms with Gasteiger partial charge in [-0.25, -0.2) is 9.78 Å². The molecule has 312 valence electrons. The minimum atomic E-state index is -1.39. The number of aliphatic hydroxyl groups excluding tert-OH is 1. The Morgan fingerprint density at radius 3 is 2.32 bits per heavy atom. The van der Waals surface area contributed by atoms with Crippen molar-refractivity contribution in [2.45, 2.75) is 148 Å². The molecular weight excluding hydrogens is 720 g/mol. The Kier molecular flexibility index (Phi) is 13.7. The Bertz CT molecular complexity index is 1720. The molecule has 13 atom stereocenters. The predicted molar refractivity (Wildman–Crippen MR) is 209 cm³/mol. The number of nitrogens with zero attached hydrogens (tertiary/aromatic N) is 4. The van der Waals surface area contributed by atoms with Crippen LogP contribution in [0.25, 0.3) is 11.0 Å². The number of imidazole rings is 1. The number of aromatic nitrogens is 2. The number of rotatable bonds is 10. The molecule has 0 aliphatic carbocycles. The molecule has 4 heterocycles. The molecule has 3 fully saturated rings. The van der Waals surface area contributed by atoms with Gasteiger partial charge in [-0.05, 0) is 86.0 Å². The number of ketones is 2. The number of likely N-dealkylation sites (N-methyl/N-ethyl adjacent to an activating group) is 1. The van der Waals surface area contributed by atoms with Crippen LogP contribution in [0.5, 0.6) is 0 Å². The zero-order valence-electron chi connectivity index (χ0n) is 35.1. The number of carbonyl (C=O) groups is 4. The first-order valence-corrected chi connectivity index (χ1v) is 20.3. The van der Waals surface area contributed by atoms with Crippen molar-refractivity contribution in [3.8, 4) is 0 Å². The molecule has 1 N–H and O–H groups in total. The molecule has 3 aliphatic heterocycles. The SMILES string of the molecule is CCC1OC(=O)[C@H](C)C(=O)[C@H](C)[C@@H](O[C@@H]2O[C@H](C)C[C@H](N(C)C)[C@H]2O)[C@](C)(OC)C[C@@H](C)C(=O)[C@H](C)[C@H]2N(CCCCn3cnc4ccccc43)C(=O)O[C@]12C. The number of cyclic esters (lactones) is 1. The van der Waals surface area contributed by atoms with Crippen LogP contribution in [0.3, 0.4) is 0 Å². The van der Waals surface area contributed by atoms with Crippen LogP contribution in [0.4, 0.5) is 4.79 Å². The van der Waals surface area contributed by atoms with E-state index in [2.05, 4.69) is 9.55 Å². The summed E-state index contributed by atoms with van der Waals surface area (Å²) < 4.78 is 33.3. The molecular formula is C42H64N4O10. The highest BCUT2D eigenvalue weighted by molar-refractivity contribution is 6.00. The molecule has 14 nitrogen and oxygen atoms in total. The van der Waals surface area contributed by atoms with Crippen molar-refractivity contribution in [3.05, 3.63) is 30.6 Å². The Hall–Kier alpha value is -3.43. The number of ether oxygens (including phenoxy) is 5. The minimum Gasteiger partial charge on any atom is -0.458 e. The van der Waals surface area contributed by atoms with Gasteiger partial charge in [-0.3, -0.25) is 14.4 Å². The molecule has 0 radical (unpaired) electrons. The Balaban J connectivity index is 1.46. The summed E-state index contributed by atoms with van der Waals surface area (Å²) in [6.07, 6.45) is -0.833. The first kappa shape index (κ1) is 43.7. The molecule has 1 amide bonds. The molecule has 1 aromatic heterocycles. The van der Waals surface area contributed by atoms with E-state index in [-0.39, 0.29) is 30.8 Å². The summed E-state index contributed by atoms with van der Waals surface area (Å²) in [6, 6.07) is 6.86. The molecule has 1 aromatic carbocycles. The number of esters is 1. The molecule has 14 heteroatoms. The van der Waals surface area contributed by atoms with Gasteiger partial charge in [0, 0.05) is 44.0 Å². The van der Waals surface area contributed by atoms with Crippen LogP contribution in [-0.4, -0.2) is 130 Å². The van der Waals surface area contributed by atoms with E-state index in [1.54, 1.807) is 32.6 Å². The predicted octanol–water partition coefficient (Wildman–Crippen LogP) is 5.02. The summed E-state index contributed by atoms with van der Waals surface area (Å²) in [7, 11) is 5.25. The van der Waals surface area contributed by atoms with Crippen molar-refractivity contribution in [1.82, 2.24) is 19.4 Å². The number of Topliss-reactive ketones (excluding diaryl/α,β-unsaturated/α-hetero) is 2. The molecule has 3 saturated heterocycles. The highest BCUT2D eigenvalue weighted by atomic mass is 16.7. The van der Waals surface area contributed by atoms with Gasteiger partial charge in [-0.1, -0.05) is 39.8 Å². The molecule has 56 heavy (non-hydrogen) atoms. The Morgan fingerprint density at radius 1 is 0.982 bits per heavy atom. The number of para-hydroxylation sites is 2. The molecule has 5 rings (SSSR count). The molecule has 0 bridgehead atoms. The zero-order chi connectivity index (χ0) is 41.3. The fourth-order valence-electron chi connectivity index (χ4n) is 9.46. The summed E-state index contributed by atoms with van der Waals surface area (Å²) >= 11 is 0. The highest BCUT2D eigenvalue weighted by Gasteiger charge is 2.60. The average Bonchev–Trinajstić information content (AvgIpc) is 3.70. The molecule has 2 aromatic rings. The fraction of sp³-hybridized carbons (Fsp3) is 0.738. The van der Waals surface area contributed by atoms with Crippen LogP contribution < -0.4 is 0 Å². The van der Waals surface area contributed by atoms with Crippen molar-refractivity contribution in [2.75, 3.05) is 27.7 Å². The monoisotopic (exact) mass is 784 g/mol. The summed E-state index contributed by atoms with van der Waals surface area (Å²) in [6.45, 7) is 15.0. The number of benzene rings is 1. The van der Waals surface area contributed by atoms with Crippen LogP contribution in [-0.2, 0) is 44.6 Å². The second-order valence-electron chi connectivity index (χ2n) is 17.0. The normalized spacial score (nSPS) is 37.7. The third-order valence-electron chi connectivity index (χ3n) is 12.7. The number of amides is 1. The van der Waals surface area contributed by atoms with Crippen molar-refractivity contribution in [3.63, 3.8) is 0 Å². The third kappa shape index (κ3) is 8.55. The Labute approximate surface area is 331 Å². The van der Waals surface area contributed by atoms with E-state index in [9.17, 15) is 24.3 Å². The van der Waals surface area contributed by atoms with Crippen LogP contribution in [0.1, 0.15) is 87.5 Å². The van der Waals surface area contributed by atoms with Crippen LogP contribution in [0.2, 0.25) is 0 Å². The Morgan fingerprint density at radius 2 is 1.66 bits per heavy atom. The van der Waals surface area contributed by atoms with E-state index in [1.165, 1.54) is 14.0 Å². The summed E-state index contributed by atoms with van der Waals surface area (Å²) in [5, 5.41) is 11.4. The first-order valence-electron chi connectivity index (χ1n) is 20.3. The lowest BCUT2D eigenvalue weighted by atomic mass is 9.73. The maximum Gasteiger partial charge on any atom is 0.410 e. The van der Waals surface area contributed by atoms with Crippen LogP contribution in [0.15, 0.2) is 30.6 Å². The number of carbonyl (C=O) groups excluding carboxylic acids is 4. The quantitative estimate of drug-likeness (QED) is 0.195. The number of aliphatic hydroxyl groups is 1. The van der Waals surface area contributed by atoms with Crippen molar-refractivity contribution in [1.29, 1.82) is 0 Å². The zero-order valence-corrected chi connectivity index (χ0v) is 35.1. The average molecular weight is 785 g/mol. The van der Waals surface area contributed by atoms with Gasteiger partial charge in [-0.2, -0.15) is 0 Å². The summed E-state index contributed by atoms with van der Waals surface area (Å²) in [5.41, 5.74) is -0.712. The van der Waals surface area contributed by atoms with E-state index in [0.29, 0.717) is 25.9 Å². The lowest BCUT2D eigenvalue weighted by Crippen LogP contribution is -2.60. The van der Waals surface area contributed by atoms with Gasteiger partial charge in [0.2, 0.25) is 0 Å². The van der Waals surface area contributed by atoms with Gasteiger partial charge < -0.3 is 43.2 Å². The number of hydrogen-bond donors (Lipinski definition) is 1. The number of fused-ring (bicyclic) bond motifs is 2. The third-order valence-corrected chi connectivity index (χ3v) is 12.7. The second kappa shape index (κ2) is 17.6. The lowest BCUT2D eigenvalue weighted by molar-refractivity contribution is -0.295. The van der Waals surface area contributed by atoms with Crippen LogP contribution in [0, 0.1) is 23.7 Å². The van der Waals surface area contributed by atoms with Gasteiger partial charge in [0.15, 0.2) is 17.7 Å². The lowest BCUT2D eigenvalue weighted by Gasteiger charge is -2.47. The maximum absolute atomic E-state index is 14.7. The number of hydrogen-bond acceptors (Lipinski definition) is 12. The first-order chi connectivity index (χ1) is 26.4. The smallest absolute Gasteiger partial charge is 0.410 e. The van der Waals surface area contributed by atoms with Gasteiger partial charge in [0.1, 0.15) is 23.9 Å². The molecule has 1 unspecified atom stereocenters. The van der Waals surface area contributed by atoms with Crippen LogP contribution >= 0.6 is 0 Å². The van der Waals surface area contributed by atoms with Gasteiger partial charge in [0.05, 0.1) is 41.2 Å². The van der Waals surface area contributed by atoms with E-state index in [0.717, 1.165) is 17.5 Å². The largest absolute Gasteiger partial charge is 0.458 e. The van der Waals surface area contributed by atoms with Crippen molar-refractivity contribution >= 4 is 34.7 Å². The fourth-order valence-corrected chi connectivity index (χ4v) is 9.46. The van der Waals surface area contributed by atoms with E-state index >= 15 is 0 Å². The van der Waals surface area contributed by atoms with Gasteiger partial charge in [-0.15, -0.1) is 0 Å². The van der Waals surface area contributed by atoms with Crippen molar-refractivity contribution in [2.24, 2.45) is 23.7 Å². The standard InChI is InChI=1S/C42H64N4O10/c1-12-32-42(8)36(46(40(51)56-42)20-16-15-19-45-23-43-29-17-13-14-18-30(29)45)26(4)33(47)24(2)22-41(7,52-11)37(27(5)34(48)28(6)38(50)54-32)55-39-35(49)31(44(9)10)21-25(3)53-39/h13-14,17-18,23-28,31-32,35-37,39,49H,12,15-16,19-22H2,1-11H3/t24-,25-,26+,27+,28-,31+,32?,35-,36-,37-,39+,41-,42-/m1/s1. The molecule has 0 saturated carbocycles. The van der Waals surface area contributed by atoms with Gasteiger partial charge in [0.25, 0.3) is 0 Å². The maximum atomic E-state index is 14.7.